The minimum atomic E-state index is -3.60. The molecule has 102 valence electrons. The highest BCUT2D eigenvalue weighted by atomic mass is 35.5. The highest BCUT2D eigenvalue weighted by Gasteiger charge is 2.14. The third-order valence-electron chi connectivity index (χ3n) is 2.93. The molecule has 3 rings (SSSR count). The fraction of sp³-hybridized carbons (Fsp3) is 0. The van der Waals surface area contributed by atoms with E-state index in [1.165, 1.54) is 0 Å². The van der Waals surface area contributed by atoms with Crippen LogP contribution in [0.4, 0.5) is 5.69 Å². The van der Waals surface area contributed by atoms with Crippen molar-refractivity contribution in [3.05, 3.63) is 59.8 Å². The molecule has 3 aromatic rings. The molecule has 4 nitrogen and oxygen atoms in total. The molecule has 0 aliphatic rings. The number of anilines is 1. The summed E-state index contributed by atoms with van der Waals surface area (Å²) in [6, 6.07) is 13.3. The van der Waals surface area contributed by atoms with Crippen molar-refractivity contribution in [1.82, 2.24) is 4.98 Å². The van der Waals surface area contributed by atoms with Crippen LogP contribution < -0.4 is 4.72 Å². The second-order valence-corrected chi connectivity index (χ2v) is 6.46. The summed E-state index contributed by atoms with van der Waals surface area (Å²) in [6.07, 6.45) is 1.77. The van der Waals surface area contributed by atoms with Crippen LogP contribution in [0.1, 0.15) is 0 Å². The van der Waals surface area contributed by atoms with Gasteiger partial charge in [0.2, 0.25) is 0 Å². The Kier molecular flexibility index (Phi) is 3.16. The molecule has 0 saturated carbocycles. The number of halogens is 1. The van der Waals surface area contributed by atoms with E-state index in [4.69, 9.17) is 11.6 Å². The normalized spacial score (nSPS) is 11.7. The van der Waals surface area contributed by atoms with E-state index in [2.05, 4.69) is 9.71 Å². The van der Waals surface area contributed by atoms with Gasteiger partial charge >= 0.3 is 0 Å². The summed E-state index contributed by atoms with van der Waals surface area (Å²) in [4.78, 5) is 3.25. The molecule has 0 bridgehead atoms. The third kappa shape index (κ3) is 2.50. The number of hydrogen-bond acceptors (Lipinski definition) is 2. The zero-order chi connectivity index (χ0) is 14.2. The molecule has 0 atom stereocenters. The second-order valence-electron chi connectivity index (χ2n) is 4.34. The topological polar surface area (TPSA) is 62.0 Å². The van der Waals surface area contributed by atoms with Crippen LogP contribution in [-0.4, -0.2) is 13.4 Å². The van der Waals surface area contributed by atoms with Gasteiger partial charge in [0, 0.05) is 27.8 Å². The minimum absolute atomic E-state index is 0.222. The Bertz CT molecular complexity index is 854. The van der Waals surface area contributed by atoms with Gasteiger partial charge in [-0.25, -0.2) is 8.42 Å². The Morgan fingerprint density at radius 3 is 2.50 bits per heavy atom. The van der Waals surface area contributed by atoms with Crippen molar-refractivity contribution in [2.75, 3.05) is 4.72 Å². The van der Waals surface area contributed by atoms with Gasteiger partial charge in [-0.15, -0.1) is 0 Å². The maximum absolute atomic E-state index is 12.3. The highest BCUT2D eigenvalue weighted by Crippen LogP contribution is 2.21. The number of fused-ring (bicyclic) bond motifs is 1. The molecule has 0 amide bonds. The van der Waals surface area contributed by atoms with Crippen molar-refractivity contribution in [2.24, 2.45) is 0 Å². The number of nitrogens with one attached hydrogen (secondary N) is 2. The zero-order valence-electron chi connectivity index (χ0n) is 10.3. The number of hydrogen-bond donors (Lipinski definition) is 2. The van der Waals surface area contributed by atoms with Crippen LogP contribution >= 0.6 is 11.6 Å². The van der Waals surface area contributed by atoms with E-state index in [-0.39, 0.29) is 4.90 Å². The van der Waals surface area contributed by atoms with E-state index < -0.39 is 10.0 Å². The molecule has 0 aliphatic heterocycles. The zero-order valence-corrected chi connectivity index (χ0v) is 11.9. The van der Waals surface area contributed by atoms with Gasteiger partial charge in [0.25, 0.3) is 10.0 Å². The molecule has 0 saturated heterocycles. The lowest BCUT2D eigenvalue weighted by atomic mass is 10.2. The number of sulfonamides is 1. The molecule has 2 aromatic carbocycles. The maximum atomic E-state index is 12.3. The fourth-order valence-electron chi connectivity index (χ4n) is 1.93. The Hall–Kier alpha value is -1.98. The molecule has 1 aromatic heterocycles. The van der Waals surface area contributed by atoms with Gasteiger partial charge < -0.3 is 4.98 Å². The lowest BCUT2D eigenvalue weighted by molar-refractivity contribution is 0.601. The molecule has 0 spiro atoms. The molecule has 0 aliphatic carbocycles. The van der Waals surface area contributed by atoms with E-state index in [1.54, 1.807) is 48.7 Å². The molecule has 0 radical (unpaired) electrons. The lowest BCUT2D eigenvalue weighted by Gasteiger charge is -2.08. The van der Waals surface area contributed by atoms with Gasteiger partial charge in [-0.1, -0.05) is 11.6 Å². The number of aromatic nitrogens is 1. The summed E-state index contributed by atoms with van der Waals surface area (Å²) in [5, 5.41) is 1.41. The first-order valence-corrected chi connectivity index (χ1v) is 7.76. The summed E-state index contributed by atoms with van der Waals surface area (Å²) in [7, 11) is -3.60. The summed E-state index contributed by atoms with van der Waals surface area (Å²) in [5.41, 5.74) is 1.37. The Balaban J connectivity index is 1.96. The Morgan fingerprint density at radius 1 is 1.00 bits per heavy atom. The summed E-state index contributed by atoms with van der Waals surface area (Å²) < 4.78 is 27.1. The average Bonchev–Trinajstić information content (AvgIpc) is 2.88. The Morgan fingerprint density at radius 2 is 1.75 bits per heavy atom. The smallest absolute Gasteiger partial charge is 0.261 e. The van der Waals surface area contributed by atoms with Crippen molar-refractivity contribution in [2.45, 2.75) is 4.90 Å². The van der Waals surface area contributed by atoms with E-state index in [0.29, 0.717) is 10.7 Å². The third-order valence-corrected chi connectivity index (χ3v) is 4.56. The van der Waals surface area contributed by atoms with Crippen molar-refractivity contribution < 1.29 is 8.42 Å². The number of H-pyrrole nitrogens is 1. The maximum Gasteiger partial charge on any atom is 0.261 e. The summed E-state index contributed by atoms with van der Waals surface area (Å²) in [5.74, 6) is 0. The Labute approximate surface area is 121 Å². The monoisotopic (exact) mass is 306 g/mol. The van der Waals surface area contributed by atoms with Gasteiger partial charge in [0.1, 0.15) is 0 Å². The minimum Gasteiger partial charge on any atom is -0.361 e. The van der Waals surface area contributed by atoms with Crippen LogP contribution in [0.15, 0.2) is 59.6 Å². The van der Waals surface area contributed by atoms with Crippen LogP contribution in [0.5, 0.6) is 0 Å². The van der Waals surface area contributed by atoms with E-state index >= 15 is 0 Å². The van der Waals surface area contributed by atoms with E-state index in [1.807, 2.05) is 6.07 Å². The van der Waals surface area contributed by atoms with E-state index in [0.717, 1.165) is 10.9 Å². The first kappa shape index (κ1) is 13.0. The largest absolute Gasteiger partial charge is 0.361 e. The first-order chi connectivity index (χ1) is 9.54. The van der Waals surface area contributed by atoms with Crippen LogP contribution in [0.2, 0.25) is 5.02 Å². The second kappa shape index (κ2) is 4.85. The SMILES string of the molecule is O=S(=O)(Nc1ccc(Cl)cc1)c1ccc2[nH]ccc2c1. The van der Waals surface area contributed by atoms with Gasteiger partial charge in [-0.05, 0) is 48.5 Å². The summed E-state index contributed by atoms with van der Waals surface area (Å²) >= 11 is 5.77. The molecule has 2 N–H and O–H groups in total. The number of aromatic amines is 1. The van der Waals surface area contributed by atoms with Gasteiger partial charge in [-0.2, -0.15) is 0 Å². The molecule has 0 fully saturated rings. The predicted octanol–water partition coefficient (Wildman–Crippen LogP) is 3.62. The standard InChI is InChI=1S/C14H11ClN2O2S/c15-11-1-3-12(4-2-11)17-20(18,19)13-5-6-14-10(9-13)7-8-16-14/h1-9,16-17H. The first-order valence-electron chi connectivity index (χ1n) is 5.90. The van der Waals surface area contributed by atoms with Crippen LogP contribution in [0.25, 0.3) is 10.9 Å². The van der Waals surface area contributed by atoms with Crippen molar-refractivity contribution in [1.29, 1.82) is 0 Å². The van der Waals surface area contributed by atoms with Crippen molar-refractivity contribution in [3.63, 3.8) is 0 Å². The predicted molar refractivity (Wildman–Crippen MR) is 80.6 cm³/mol. The van der Waals surface area contributed by atoms with Crippen LogP contribution in [0, 0.1) is 0 Å². The van der Waals surface area contributed by atoms with Gasteiger partial charge in [0.05, 0.1) is 4.90 Å². The van der Waals surface area contributed by atoms with Crippen LogP contribution in [-0.2, 0) is 10.0 Å². The average molecular weight is 307 g/mol. The van der Waals surface area contributed by atoms with Gasteiger partial charge in [-0.3, -0.25) is 4.72 Å². The highest BCUT2D eigenvalue weighted by molar-refractivity contribution is 7.92. The molecule has 1 heterocycles. The molecular formula is C14H11ClN2O2S. The molecule has 20 heavy (non-hydrogen) atoms. The molecule has 6 heteroatoms. The van der Waals surface area contributed by atoms with Gasteiger partial charge in [0.15, 0.2) is 0 Å². The molecule has 0 unspecified atom stereocenters. The summed E-state index contributed by atoms with van der Waals surface area (Å²) in [6.45, 7) is 0. The van der Waals surface area contributed by atoms with Crippen molar-refractivity contribution in [3.8, 4) is 0 Å². The quantitative estimate of drug-likeness (QED) is 0.776. The number of benzene rings is 2. The van der Waals surface area contributed by atoms with E-state index in [9.17, 15) is 8.42 Å². The van der Waals surface area contributed by atoms with Crippen molar-refractivity contribution >= 4 is 38.2 Å². The molecular weight excluding hydrogens is 296 g/mol. The fourth-order valence-corrected chi connectivity index (χ4v) is 3.15. The number of rotatable bonds is 3. The lowest BCUT2D eigenvalue weighted by Crippen LogP contribution is -2.12. The van der Waals surface area contributed by atoms with Crippen LogP contribution in [0.3, 0.4) is 0 Å².